The molecule has 0 aliphatic heterocycles. The van der Waals surface area contributed by atoms with Crippen molar-refractivity contribution < 1.29 is 40.3 Å². The standard InChI is InChI=1S/C30H23F7N4O2/c1-16-11-12-21(17(2)13-16)25-15-23(22-9-4-5-10-24(22)39-25)26(42)41-40-18(3)19-7-6-8-20(14-19)38-27(43)28(31,32)29(33,34)30(35,36)37/h4-15H,1-3H3,(H,38,43)(H,41,42)/b40-18+. The molecule has 4 rings (SSSR count). The number of carbonyl (C=O) groups is 2. The molecule has 6 nitrogen and oxygen atoms in total. The van der Waals surface area contributed by atoms with Crippen LogP contribution in [0.5, 0.6) is 0 Å². The minimum Gasteiger partial charge on any atom is -0.321 e. The molecule has 0 aliphatic rings. The van der Waals surface area contributed by atoms with Crippen LogP contribution in [0.2, 0.25) is 0 Å². The van der Waals surface area contributed by atoms with Crippen molar-refractivity contribution in [3.63, 3.8) is 0 Å². The van der Waals surface area contributed by atoms with E-state index in [0.29, 0.717) is 16.6 Å². The van der Waals surface area contributed by atoms with Crippen molar-refractivity contribution in [3.8, 4) is 11.3 Å². The Morgan fingerprint density at radius 3 is 2.21 bits per heavy atom. The number of hydrogen-bond acceptors (Lipinski definition) is 4. The highest BCUT2D eigenvalue weighted by atomic mass is 19.4. The van der Waals surface area contributed by atoms with Gasteiger partial charge in [0.05, 0.1) is 22.5 Å². The zero-order chi connectivity index (χ0) is 31.7. The third kappa shape index (κ3) is 6.20. The number of hydrazone groups is 1. The monoisotopic (exact) mass is 604 g/mol. The van der Waals surface area contributed by atoms with Crippen molar-refractivity contribution in [1.82, 2.24) is 10.4 Å². The van der Waals surface area contributed by atoms with Crippen molar-refractivity contribution in [2.24, 2.45) is 5.10 Å². The maximum absolute atomic E-state index is 13.7. The van der Waals surface area contributed by atoms with E-state index in [1.165, 1.54) is 24.4 Å². The summed E-state index contributed by atoms with van der Waals surface area (Å²) in [5.41, 5.74) is 6.34. The second-order valence-corrected chi connectivity index (χ2v) is 9.71. The Morgan fingerprint density at radius 2 is 1.53 bits per heavy atom. The number of nitrogens with zero attached hydrogens (tertiary/aromatic N) is 2. The van der Waals surface area contributed by atoms with Gasteiger partial charge in [-0.15, -0.1) is 0 Å². The van der Waals surface area contributed by atoms with E-state index in [0.717, 1.165) is 28.8 Å². The van der Waals surface area contributed by atoms with Gasteiger partial charge < -0.3 is 5.32 Å². The SMILES string of the molecule is C/C(=N\NC(=O)c1cc(-c2ccc(C)cc2C)nc2ccccc12)c1cccc(NC(=O)C(F)(F)C(F)(F)C(F)(F)F)c1. The van der Waals surface area contributed by atoms with Crippen LogP contribution in [0.4, 0.5) is 36.4 Å². The van der Waals surface area contributed by atoms with Gasteiger partial charge >= 0.3 is 23.9 Å². The number of carbonyl (C=O) groups excluding carboxylic acids is 2. The van der Waals surface area contributed by atoms with Gasteiger partial charge in [-0.3, -0.25) is 9.59 Å². The highest BCUT2D eigenvalue weighted by Crippen LogP contribution is 2.47. The van der Waals surface area contributed by atoms with E-state index >= 15 is 0 Å². The Labute approximate surface area is 240 Å². The quantitative estimate of drug-likeness (QED) is 0.131. The average Bonchev–Trinajstić information content (AvgIpc) is 2.94. The van der Waals surface area contributed by atoms with Crippen molar-refractivity contribution in [1.29, 1.82) is 0 Å². The van der Waals surface area contributed by atoms with E-state index < -0.39 is 35.5 Å². The fourth-order valence-electron chi connectivity index (χ4n) is 4.21. The first-order valence-corrected chi connectivity index (χ1v) is 12.6. The molecule has 0 unspecified atom stereocenters. The molecule has 43 heavy (non-hydrogen) atoms. The average molecular weight is 605 g/mol. The molecular weight excluding hydrogens is 581 g/mol. The first-order chi connectivity index (χ1) is 20.0. The number of alkyl halides is 7. The molecule has 4 aromatic rings. The number of fused-ring (bicyclic) bond motifs is 1. The summed E-state index contributed by atoms with van der Waals surface area (Å²) in [5, 5.41) is 5.94. The highest BCUT2D eigenvalue weighted by molar-refractivity contribution is 6.08. The third-order valence-corrected chi connectivity index (χ3v) is 6.52. The fraction of sp³-hybridized carbons (Fsp3) is 0.200. The van der Waals surface area contributed by atoms with E-state index in [2.05, 4.69) is 15.5 Å². The molecule has 224 valence electrons. The summed E-state index contributed by atoms with van der Waals surface area (Å²) in [7, 11) is 0. The number of para-hydroxylation sites is 1. The zero-order valence-corrected chi connectivity index (χ0v) is 22.8. The number of amides is 2. The molecule has 3 aromatic carbocycles. The van der Waals surface area contributed by atoms with E-state index in [1.54, 1.807) is 30.3 Å². The fourth-order valence-corrected chi connectivity index (χ4v) is 4.21. The maximum Gasteiger partial charge on any atom is 0.460 e. The number of aryl methyl sites for hydroxylation is 2. The lowest BCUT2D eigenvalue weighted by Crippen LogP contribution is -2.57. The number of pyridine rings is 1. The molecule has 0 saturated carbocycles. The molecule has 0 spiro atoms. The Balaban J connectivity index is 1.58. The summed E-state index contributed by atoms with van der Waals surface area (Å²) in [6.07, 6.45) is -6.66. The minimum absolute atomic E-state index is 0.102. The smallest absolute Gasteiger partial charge is 0.321 e. The molecule has 0 aliphatic carbocycles. The van der Waals surface area contributed by atoms with Crippen LogP contribution in [0.25, 0.3) is 22.2 Å². The molecular formula is C30H23F7N4O2. The van der Waals surface area contributed by atoms with Crippen molar-refractivity contribution in [2.45, 2.75) is 38.8 Å². The number of rotatable bonds is 7. The van der Waals surface area contributed by atoms with Gasteiger partial charge in [-0.1, -0.05) is 54.1 Å². The number of halogens is 7. The molecule has 0 atom stereocenters. The summed E-state index contributed by atoms with van der Waals surface area (Å²) < 4.78 is 91.3. The third-order valence-electron chi connectivity index (χ3n) is 6.52. The van der Waals surface area contributed by atoms with E-state index in [9.17, 15) is 40.3 Å². The van der Waals surface area contributed by atoms with Crippen LogP contribution in [0.3, 0.4) is 0 Å². The molecule has 13 heteroatoms. The zero-order valence-electron chi connectivity index (χ0n) is 22.8. The van der Waals surface area contributed by atoms with E-state index in [1.807, 2.05) is 32.0 Å². The Morgan fingerprint density at radius 1 is 0.837 bits per heavy atom. The van der Waals surface area contributed by atoms with Gasteiger partial charge in [-0.25, -0.2) is 10.4 Å². The minimum atomic E-state index is -6.66. The first kappa shape index (κ1) is 31.1. The van der Waals surface area contributed by atoms with Gasteiger partial charge in [0.15, 0.2) is 0 Å². The van der Waals surface area contributed by atoms with Gasteiger partial charge in [0.2, 0.25) is 0 Å². The van der Waals surface area contributed by atoms with Crippen LogP contribution in [0.1, 0.15) is 34.0 Å². The topological polar surface area (TPSA) is 83.4 Å². The summed E-state index contributed by atoms with van der Waals surface area (Å²) >= 11 is 0. The second kappa shape index (κ2) is 11.5. The van der Waals surface area contributed by atoms with Crippen molar-refractivity contribution in [2.75, 3.05) is 5.32 Å². The van der Waals surface area contributed by atoms with Crippen LogP contribution in [0, 0.1) is 13.8 Å². The predicted molar refractivity (Wildman–Crippen MR) is 147 cm³/mol. The van der Waals surface area contributed by atoms with Crippen LogP contribution in [-0.2, 0) is 4.79 Å². The Bertz CT molecular complexity index is 1750. The normalized spacial score (nSPS) is 12.7. The number of nitrogens with one attached hydrogen (secondary N) is 2. The van der Waals surface area contributed by atoms with Gasteiger partial charge in [0.25, 0.3) is 5.91 Å². The van der Waals surface area contributed by atoms with Crippen molar-refractivity contribution >= 4 is 34.1 Å². The largest absolute Gasteiger partial charge is 0.460 e. The summed E-state index contributed by atoms with van der Waals surface area (Å²) in [6.45, 7) is 5.29. The molecule has 1 aromatic heterocycles. The summed E-state index contributed by atoms with van der Waals surface area (Å²) in [5.74, 6) is -16.1. The summed E-state index contributed by atoms with van der Waals surface area (Å²) in [4.78, 5) is 29.7. The lowest BCUT2D eigenvalue weighted by Gasteiger charge is -2.27. The molecule has 2 amide bonds. The molecule has 1 heterocycles. The number of hydrogen-bond donors (Lipinski definition) is 2. The molecule has 0 fully saturated rings. The number of benzene rings is 3. The lowest BCUT2D eigenvalue weighted by atomic mass is 9.99. The lowest BCUT2D eigenvalue weighted by molar-refractivity contribution is -0.343. The second-order valence-electron chi connectivity index (χ2n) is 9.71. The molecule has 0 radical (unpaired) electrons. The van der Waals surface area contributed by atoms with Crippen LogP contribution >= 0.6 is 0 Å². The van der Waals surface area contributed by atoms with Gasteiger partial charge in [-0.05, 0) is 56.2 Å². The first-order valence-electron chi connectivity index (χ1n) is 12.6. The molecule has 0 saturated heterocycles. The van der Waals surface area contributed by atoms with Gasteiger partial charge in [0.1, 0.15) is 0 Å². The van der Waals surface area contributed by atoms with Gasteiger partial charge in [0, 0.05) is 16.6 Å². The summed E-state index contributed by atoms with van der Waals surface area (Å²) in [6, 6.07) is 19.0. The van der Waals surface area contributed by atoms with Crippen LogP contribution < -0.4 is 10.7 Å². The Hall–Kier alpha value is -4.81. The maximum atomic E-state index is 13.7. The highest BCUT2D eigenvalue weighted by Gasteiger charge is 2.76. The molecule has 2 N–H and O–H groups in total. The van der Waals surface area contributed by atoms with Crippen molar-refractivity contribution in [3.05, 3.63) is 95.1 Å². The molecule has 0 bridgehead atoms. The number of anilines is 1. The van der Waals surface area contributed by atoms with Crippen LogP contribution in [-0.4, -0.2) is 40.5 Å². The Kier molecular flexibility index (Phi) is 8.30. The predicted octanol–water partition coefficient (Wildman–Crippen LogP) is 7.44. The van der Waals surface area contributed by atoms with Gasteiger partial charge in [-0.2, -0.15) is 35.8 Å². The van der Waals surface area contributed by atoms with E-state index in [-0.39, 0.29) is 16.8 Å². The van der Waals surface area contributed by atoms with Crippen LogP contribution in [0.15, 0.2) is 77.9 Å². The van der Waals surface area contributed by atoms with E-state index in [4.69, 9.17) is 0 Å². The number of aromatic nitrogens is 1.